The second-order valence-electron chi connectivity index (χ2n) is 5.90. The molecule has 2 heterocycles. The second-order valence-corrected chi connectivity index (χ2v) is 5.90. The first kappa shape index (κ1) is 15.3. The molecule has 0 bridgehead atoms. The fourth-order valence-corrected chi connectivity index (χ4v) is 2.75. The zero-order valence-corrected chi connectivity index (χ0v) is 13.9. The number of rotatable bonds is 4. The number of amides is 1. The van der Waals surface area contributed by atoms with E-state index in [4.69, 9.17) is 0 Å². The number of anilines is 1. The van der Waals surface area contributed by atoms with E-state index in [0.717, 1.165) is 28.0 Å². The Morgan fingerprint density at radius 3 is 2.74 bits per heavy atom. The van der Waals surface area contributed by atoms with Gasteiger partial charge in [0.2, 0.25) is 5.91 Å². The van der Waals surface area contributed by atoms with Crippen LogP contribution in [0.25, 0.3) is 10.9 Å². The van der Waals surface area contributed by atoms with Crippen LogP contribution in [0.4, 0.5) is 5.69 Å². The smallest absolute Gasteiger partial charge is 0.226 e. The van der Waals surface area contributed by atoms with Crippen molar-refractivity contribution in [2.24, 2.45) is 7.05 Å². The van der Waals surface area contributed by atoms with E-state index in [1.807, 2.05) is 37.8 Å². The van der Waals surface area contributed by atoms with E-state index in [2.05, 4.69) is 34.6 Å². The lowest BCUT2D eigenvalue weighted by Crippen LogP contribution is -2.16. The number of carbonyl (C=O) groups is 1. The molecular formula is C17H21N5O. The molecule has 0 unspecified atom stereocenters. The Kier molecular flexibility index (Phi) is 3.90. The van der Waals surface area contributed by atoms with Gasteiger partial charge in [-0.05, 0) is 32.9 Å². The van der Waals surface area contributed by atoms with Gasteiger partial charge in [0, 0.05) is 18.9 Å². The van der Waals surface area contributed by atoms with Gasteiger partial charge < -0.3 is 5.32 Å². The van der Waals surface area contributed by atoms with Crippen LogP contribution >= 0.6 is 0 Å². The van der Waals surface area contributed by atoms with Crippen LogP contribution in [0.1, 0.15) is 23.4 Å². The Labute approximate surface area is 135 Å². The van der Waals surface area contributed by atoms with Gasteiger partial charge in [-0.1, -0.05) is 11.6 Å². The normalized spacial score (nSPS) is 11.1. The average Bonchev–Trinajstić information content (AvgIpc) is 3.01. The molecular weight excluding hydrogens is 290 g/mol. The Bertz CT molecular complexity index is 875. The zero-order chi connectivity index (χ0) is 16.6. The maximum atomic E-state index is 12.2. The molecule has 0 saturated carbocycles. The van der Waals surface area contributed by atoms with Gasteiger partial charge in [-0.25, -0.2) is 0 Å². The SMILES string of the molecule is Cc1ccc2c(cnn2CCC(=O)Nc2c(C)nn(C)c2C)c1. The molecule has 0 radical (unpaired) electrons. The largest absolute Gasteiger partial charge is 0.323 e. The highest BCUT2D eigenvalue weighted by atomic mass is 16.1. The van der Waals surface area contributed by atoms with Crippen molar-refractivity contribution < 1.29 is 4.79 Å². The summed E-state index contributed by atoms with van der Waals surface area (Å²) in [6, 6.07) is 6.20. The highest BCUT2D eigenvalue weighted by Gasteiger charge is 2.13. The summed E-state index contributed by atoms with van der Waals surface area (Å²) in [5.74, 6) is -0.0278. The molecule has 3 aromatic rings. The number of carbonyl (C=O) groups excluding carboxylic acids is 1. The lowest BCUT2D eigenvalue weighted by molar-refractivity contribution is -0.116. The van der Waals surface area contributed by atoms with E-state index in [1.54, 1.807) is 4.68 Å². The molecule has 0 spiro atoms. The standard InChI is InChI=1S/C17H21N5O/c1-11-5-6-15-14(9-11)10-18-22(15)8-7-16(23)19-17-12(2)20-21(4)13(17)3/h5-6,9-10H,7-8H2,1-4H3,(H,19,23). The van der Waals surface area contributed by atoms with Gasteiger partial charge in [-0.2, -0.15) is 10.2 Å². The van der Waals surface area contributed by atoms with Gasteiger partial charge in [-0.3, -0.25) is 14.2 Å². The van der Waals surface area contributed by atoms with Crippen LogP contribution in [0.5, 0.6) is 0 Å². The molecule has 120 valence electrons. The number of fused-ring (bicyclic) bond motifs is 1. The maximum absolute atomic E-state index is 12.2. The molecule has 0 atom stereocenters. The number of nitrogens with one attached hydrogen (secondary N) is 1. The van der Waals surface area contributed by atoms with Crippen molar-refractivity contribution in [1.29, 1.82) is 0 Å². The molecule has 0 saturated heterocycles. The van der Waals surface area contributed by atoms with E-state index in [9.17, 15) is 4.79 Å². The predicted molar refractivity (Wildman–Crippen MR) is 90.4 cm³/mol. The lowest BCUT2D eigenvalue weighted by Gasteiger charge is -2.07. The molecule has 0 aliphatic heterocycles. The minimum absolute atomic E-state index is 0.0278. The number of aryl methyl sites for hydroxylation is 4. The van der Waals surface area contributed by atoms with Crippen molar-refractivity contribution in [3.05, 3.63) is 41.3 Å². The first-order valence-corrected chi connectivity index (χ1v) is 7.68. The van der Waals surface area contributed by atoms with Gasteiger partial charge >= 0.3 is 0 Å². The van der Waals surface area contributed by atoms with Crippen molar-refractivity contribution in [1.82, 2.24) is 19.6 Å². The van der Waals surface area contributed by atoms with Crippen LogP contribution in [0.15, 0.2) is 24.4 Å². The van der Waals surface area contributed by atoms with Gasteiger partial charge in [0.05, 0.1) is 35.3 Å². The predicted octanol–water partition coefficient (Wildman–Crippen LogP) is 2.72. The van der Waals surface area contributed by atoms with Gasteiger partial charge in [-0.15, -0.1) is 0 Å². The third-order valence-corrected chi connectivity index (χ3v) is 4.12. The summed E-state index contributed by atoms with van der Waals surface area (Å²) >= 11 is 0. The Hall–Kier alpha value is -2.63. The summed E-state index contributed by atoms with van der Waals surface area (Å²) in [5.41, 5.74) is 4.85. The molecule has 0 aliphatic rings. The molecule has 6 heteroatoms. The highest BCUT2D eigenvalue weighted by Crippen LogP contribution is 2.19. The number of hydrogen-bond donors (Lipinski definition) is 1. The van der Waals surface area contributed by atoms with E-state index < -0.39 is 0 Å². The van der Waals surface area contributed by atoms with Crippen LogP contribution in [0, 0.1) is 20.8 Å². The Morgan fingerprint density at radius 2 is 2.04 bits per heavy atom. The Balaban J connectivity index is 1.68. The summed E-state index contributed by atoms with van der Waals surface area (Å²) in [6.07, 6.45) is 2.22. The van der Waals surface area contributed by atoms with Crippen LogP contribution < -0.4 is 5.32 Å². The third-order valence-electron chi connectivity index (χ3n) is 4.12. The summed E-state index contributed by atoms with van der Waals surface area (Å²) in [6.45, 7) is 6.45. The lowest BCUT2D eigenvalue weighted by atomic mass is 10.2. The summed E-state index contributed by atoms with van der Waals surface area (Å²) in [4.78, 5) is 12.2. The Morgan fingerprint density at radius 1 is 1.26 bits per heavy atom. The monoisotopic (exact) mass is 311 g/mol. The number of nitrogens with zero attached hydrogens (tertiary/aromatic N) is 4. The van der Waals surface area contributed by atoms with E-state index in [-0.39, 0.29) is 5.91 Å². The topological polar surface area (TPSA) is 64.7 Å². The summed E-state index contributed by atoms with van der Waals surface area (Å²) < 4.78 is 3.64. The number of hydrogen-bond acceptors (Lipinski definition) is 3. The van der Waals surface area contributed by atoms with Crippen molar-refractivity contribution in [3.8, 4) is 0 Å². The van der Waals surface area contributed by atoms with Crippen LogP contribution in [-0.2, 0) is 18.4 Å². The van der Waals surface area contributed by atoms with Gasteiger partial charge in [0.25, 0.3) is 0 Å². The maximum Gasteiger partial charge on any atom is 0.226 e. The third kappa shape index (κ3) is 2.97. The molecule has 1 aromatic carbocycles. The van der Waals surface area contributed by atoms with Crippen LogP contribution in [-0.4, -0.2) is 25.5 Å². The van der Waals surface area contributed by atoms with Crippen LogP contribution in [0.3, 0.4) is 0 Å². The van der Waals surface area contributed by atoms with Crippen LogP contribution in [0.2, 0.25) is 0 Å². The van der Waals surface area contributed by atoms with Crippen molar-refractivity contribution >= 4 is 22.5 Å². The highest BCUT2D eigenvalue weighted by molar-refractivity contribution is 5.92. The van der Waals surface area contributed by atoms with Gasteiger partial charge in [0.1, 0.15) is 0 Å². The number of aromatic nitrogens is 4. The molecule has 1 N–H and O–H groups in total. The zero-order valence-electron chi connectivity index (χ0n) is 13.9. The fraction of sp³-hybridized carbons (Fsp3) is 0.353. The minimum atomic E-state index is -0.0278. The molecule has 1 amide bonds. The van der Waals surface area contributed by atoms with Crippen molar-refractivity contribution in [3.63, 3.8) is 0 Å². The summed E-state index contributed by atoms with van der Waals surface area (Å²) in [7, 11) is 1.87. The first-order valence-electron chi connectivity index (χ1n) is 7.68. The van der Waals surface area contributed by atoms with Crippen molar-refractivity contribution in [2.45, 2.75) is 33.7 Å². The average molecular weight is 311 g/mol. The molecule has 3 rings (SSSR count). The molecule has 0 aliphatic carbocycles. The second kappa shape index (κ2) is 5.87. The molecule has 2 aromatic heterocycles. The minimum Gasteiger partial charge on any atom is -0.323 e. The van der Waals surface area contributed by atoms with E-state index in [1.165, 1.54) is 5.56 Å². The van der Waals surface area contributed by atoms with Gasteiger partial charge in [0.15, 0.2) is 0 Å². The first-order chi connectivity index (χ1) is 11.0. The van der Waals surface area contributed by atoms with Crippen molar-refractivity contribution in [2.75, 3.05) is 5.32 Å². The fourth-order valence-electron chi connectivity index (χ4n) is 2.75. The molecule has 6 nitrogen and oxygen atoms in total. The molecule has 23 heavy (non-hydrogen) atoms. The van der Waals surface area contributed by atoms with E-state index >= 15 is 0 Å². The quantitative estimate of drug-likeness (QED) is 0.805. The summed E-state index contributed by atoms with van der Waals surface area (Å²) in [5, 5.41) is 12.7. The number of benzene rings is 1. The molecule has 0 fully saturated rings. The van der Waals surface area contributed by atoms with E-state index in [0.29, 0.717) is 13.0 Å².